The third-order valence-electron chi connectivity index (χ3n) is 6.24. The van der Waals surface area contributed by atoms with Crippen LogP contribution in [0.4, 0.5) is 17.5 Å². The summed E-state index contributed by atoms with van der Waals surface area (Å²) in [7, 11) is 1.76. The molecule has 2 atom stereocenters. The molecule has 1 aromatic carbocycles. The molecular formula is C24H33ClN6O2. The molecule has 1 aliphatic rings. The average molecular weight is 473 g/mol. The summed E-state index contributed by atoms with van der Waals surface area (Å²) in [5.74, 6) is 2.38. The molecule has 0 saturated carbocycles. The zero-order valence-corrected chi connectivity index (χ0v) is 20.7. The lowest BCUT2D eigenvalue weighted by Crippen LogP contribution is -2.39. The van der Waals surface area contributed by atoms with E-state index in [4.69, 9.17) is 16.6 Å². The predicted octanol–water partition coefficient (Wildman–Crippen LogP) is 4.17. The first-order chi connectivity index (χ1) is 15.5. The molecule has 1 fully saturated rings. The maximum Gasteiger partial charge on any atom is 0.328 e. The Hall–Kier alpha value is -2.58. The van der Waals surface area contributed by atoms with Gasteiger partial charge in [0.2, 0.25) is 5.95 Å². The Kier molecular flexibility index (Phi) is 6.42. The molecule has 1 aliphatic heterocycles. The highest BCUT2D eigenvalue weighted by Crippen LogP contribution is 2.29. The molecule has 3 aromatic rings. The first kappa shape index (κ1) is 23.6. The first-order valence-corrected chi connectivity index (χ1v) is 11.9. The third-order valence-corrected chi connectivity index (χ3v) is 6.52. The number of halogens is 1. The lowest BCUT2D eigenvalue weighted by Gasteiger charge is -2.35. The molecule has 3 heterocycles. The number of piperidine rings is 1. The van der Waals surface area contributed by atoms with Crippen molar-refractivity contribution < 1.29 is 5.11 Å². The van der Waals surface area contributed by atoms with Gasteiger partial charge in [-0.2, -0.15) is 4.98 Å². The minimum Gasteiger partial charge on any atom is -0.390 e. The van der Waals surface area contributed by atoms with E-state index in [0.29, 0.717) is 41.6 Å². The van der Waals surface area contributed by atoms with Gasteiger partial charge in [0, 0.05) is 32.4 Å². The Balaban J connectivity index is 1.64. The summed E-state index contributed by atoms with van der Waals surface area (Å²) in [4.78, 5) is 24.2. The maximum atomic E-state index is 12.8. The number of fused-ring (bicyclic) bond motifs is 1. The van der Waals surface area contributed by atoms with Crippen LogP contribution in [-0.2, 0) is 13.6 Å². The molecule has 0 amide bonds. The van der Waals surface area contributed by atoms with Crippen LogP contribution >= 0.6 is 11.6 Å². The Bertz CT molecular complexity index is 1200. The van der Waals surface area contributed by atoms with Gasteiger partial charge >= 0.3 is 5.69 Å². The summed E-state index contributed by atoms with van der Waals surface area (Å²) in [6.07, 6.45) is 3.31. The van der Waals surface area contributed by atoms with E-state index in [1.165, 1.54) is 6.42 Å². The van der Waals surface area contributed by atoms with Crippen LogP contribution in [0.2, 0.25) is 5.02 Å². The molecule has 2 aromatic heterocycles. The van der Waals surface area contributed by atoms with Gasteiger partial charge < -0.3 is 15.3 Å². The van der Waals surface area contributed by atoms with Crippen molar-refractivity contribution >= 4 is 40.1 Å². The van der Waals surface area contributed by atoms with Crippen LogP contribution in [0.25, 0.3) is 11.0 Å². The highest BCUT2D eigenvalue weighted by Gasteiger charge is 2.24. The number of aryl methyl sites for hydroxylation is 2. The summed E-state index contributed by atoms with van der Waals surface area (Å²) in [5, 5.41) is 13.9. The number of aromatic nitrogens is 4. The number of rotatable bonds is 6. The molecular weight excluding hydrogens is 440 g/mol. The molecule has 4 rings (SSSR count). The van der Waals surface area contributed by atoms with Gasteiger partial charge in [0.1, 0.15) is 5.02 Å². The van der Waals surface area contributed by atoms with Gasteiger partial charge in [-0.3, -0.25) is 9.13 Å². The Morgan fingerprint density at radius 3 is 2.58 bits per heavy atom. The quantitative estimate of drug-likeness (QED) is 0.559. The highest BCUT2D eigenvalue weighted by atomic mass is 35.5. The van der Waals surface area contributed by atoms with Crippen molar-refractivity contribution in [3.05, 3.63) is 39.9 Å². The van der Waals surface area contributed by atoms with E-state index in [1.807, 2.05) is 18.2 Å². The van der Waals surface area contributed by atoms with E-state index in [9.17, 15) is 9.90 Å². The van der Waals surface area contributed by atoms with Gasteiger partial charge in [-0.1, -0.05) is 25.4 Å². The Morgan fingerprint density at radius 1 is 1.21 bits per heavy atom. The number of aliphatic hydroxyl groups is 1. The van der Waals surface area contributed by atoms with Crippen molar-refractivity contribution in [1.82, 2.24) is 19.1 Å². The van der Waals surface area contributed by atoms with Crippen molar-refractivity contribution in [1.29, 1.82) is 0 Å². The SMILES string of the molecule is CC1C[C@@H](C)CN(c2ncc(Cl)c(Nc3ccc4c(c3)n(CCC(C)(C)O)c(=O)n4C)n2)C1. The minimum atomic E-state index is -0.855. The van der Waals surface area contributed by atoms with Crippen molar-refractivity contribution in [2.45, 2.75) is 52.7 Å². The summed E-state index contributed by atoms with van der Waals surface area (Å²) < 4.78 is 3.32. The van der Waals surface area contributed by atoms with Gasteiger partial charge in [0.05, 0.1) is 22.8 Å². The van der Waals surface area contributed by atoms with Gasteiger partial charge in [-0.25, -0.2) is 9.78 Å². The van der Waals surface area contributed by atoms with Crippen LogP contribution in [0.3, 0.4) is 0 Å². The van der Waals surface area contributed by atoms with Gasteiger partial charge in [-0.15, -0.1) is 0 Å². The topological polar surface area (TPSA) is 88.2 Å². The average Bonchev–Trinajstić information content (AvgIpc) is 2.96. The number of hydrogen-bond donors (Lipinski definition) is 2. The first-order valence-electron chi connectivity index (χ1n) is 11.5. The third kappa shape index (κ3) is 5.17. The number of imidazole rings is 1. The van der Waals surface area contributed by atoms with E-state index in [0.717, 1.165) is 29.8 Å². The fourth-order valence-electron chi connectivity index (χ4n) is 4.65. The summed E-state index contributed by atoms with van der Waals surface area (Å²) >= 11 is 6.43. The van der Waals surface area contributed by atoms with Crippen LogP contribution in [0, 0.1) is 11.8 Å². The lowest BCUT2D eigenvalue weighted by atomic mass is 9.92. The van der Waals surface area contributed by atoms with Crippen molar-refractivity contribution in [3.63, 3.8) is 0 Å². The number of nitrogens with one attached hydrogen (secondary N) is 1. The fraction of sp³-hybridized carbons (Fsp3) is 0.542. The van der Waals surface area contributed by atoms with Gasteiger partial charge in [0.15, 0.2) is 5.82 Å². The molecule has 0 bridgehead atoms. The molecule has 0 radical (unpaired) electrons. The summed E-state index contributed by atoms with van der Waals surface area (Å²) in [6, 6.07) is 5.74. The van der Waals surface area contributed by atoms with Gasteiger partial charge in [-0.05, 0) is 56.7 Å². The van der Waals surface area contributed by atoms with Crippen LogP contribution in [0.5, 0.6) is 0 Å². The van der Waals surface area contributed by atoms with Gasteiger partial charge in [0.25, 0.3) is 0 Å². The fourth-order valence-corrected chi connectivity index (χ4v) is 4.79. The molecule has 178 valence electrons. The number of anilines is 3. The van der Waals surface area contributed by atoms with E-state index in [2.05, 4.69) is 29.0 Å². The van der Waals surface area contributed by atoms with Crippen LogP contribution in [0.15, 0.2) is 29.2 Å². The Labute approximate surface area is 199 Å². The molecule has 33 heavy (non-hydrogen) atoms. The molecule has 1 saturated heterocycles. The molecule has 0 aliphatic carbocycles. The normalized spacial score (nSPS) is 19.3. The second kappa shape index (κ2) is 8.99. The number of nitrogens with zero attached hydrogens (tertiary/aromatic N) is 5. The van der Waals surface area contributed by atoms with Crippen molar-refractivity contribution in [2.24, 2.45) is 18.9 Å². The van der Waals surface area contributed by atoms with E-state index < -0.39 is 5.60 Å². The minimum absolute atomic E-state index is 0.109. The largest absolute Gasteiger partial charge is 0.390 e. The molecule has 2 N–H and O–H groups in total. The second-order valence-electron chi connectivity index (χ2n) is 10.1. The summed E-state index contributed by atoms with van der Waals surface area (Å²) in [6.45, 7) is 10.3. The summed E-state index contributed by atoms with van der Waals surface area (Å²) in [5.41, 5.74) is 1.43. The standard InChI is InChI=1S/C24H33ClN6O2/c1-15-10-16(2)14-30(13-15)22-26-12-18(25)21(28-22)27-17-6-7-19-20(11-17)31(23(32)29(19)5)9-8-24(3,4)33/h6-7,11-12,15-16,33H,8-10,13-14H2,1-5H3,(H,26,27,28)/t15-,16?/m1/s1. The van der Waals surface area contributed by atoms with Crippen LogP contribution in [-0.4, -0.2) is 42.9 Å². The monoisotopic (exact) mass is 472 g/mol. The van der Waals surface area contributed by atoms with Crippen molar-refractivity contribution in [2.75, 3.05) is 23.3 Å². The van der Waals surface area contributed by atoms with Crippen LogP contribution in [0.1, 0.15) is 40.5 Å². The molecule has 1 unspecified atom stereocenters. The van der Waals surface area contributed by atoms with E-state index in [-0.39, 0.29) is 5.69 Å². The molecule has 9 heteroatoms. The highest BCUT2D eigenvalue weighted by molar-refractivity contribution is 6.32. The second-order valence-corrected chi connectivity index (χ2v) is 10.5. The lowest BCUT2D eigenvalue weighted by molar-refractivity contribution is 0.0662. The van der Waals surface area contributed by atoms with E-state index >= 15 is 0 Å². The van der Waals surface area contributed by atoms with E-state index in [1.54, 1.807) is 36.2 Å². The molecule has 8 nitrogen and oxygen atoms in total. The van der Waals surface area contributed by atoms with Crippen molar-refractivity contribution in [3.8, 4) is 0 Å². The Morgan fingerprint density at radius 2 is 1.91 bits per heavy atom. The molecule has 0 spiro atoms. The zero-order valence-electron chi connectivity index (χ0n) is 20.0. The smallest absolute Gasteiger partial charge is 0.328 e. The number of hydrogen-bond acceptors (Lipinski definition) is 6. The van der Waals surface area contributed by atoms with Crippen LogP contribution < -0.4 is 15.9 Å². The maximum absolute atomic E-state index is 12.8. The zero-order chi connectivity index (χ0) is 23.9. The predicted molar refractivity (Wildman–Crippen MR) is 134 cm³/mol. The number of benzene rings is 1.